The lowest BCUT2D eigenvalue weighted by molar-refractivity contribution is 0.584. The summed E-state index contributed by atoms with van der Waals surface area (Å²) in [5.74, 6) is 1.01. The molecular formula is C42H26N2O. The van der Waals surface area contributed by atoms with Gasteiger partial charge in [-0.3, -0.25) is 0 Å². The molecule has 9 rings (SSSR count). The molecule has 1 aliphatic carbocycles. The summed E-state index contributed by atoms with van der Waals surface area (Å²) >= 11 is 0. The van der Waals surface area contributed by atoms with Crippen molar-refractivity contribution in [3.05, 3.63) is 158 Å². The molecule has 3 nitrogen and oxygen atoms in total. The Morgan fingerprint density at radius 1 is 0.333 bits per heavy atom. The summed E-state index contributed by atoms with van der Waals surface area (Å²) in [6, 6.07) is 55.6. The molecule has 45 heavy (non-hydrogen) atoms. The summed E-state index contributed by atoms with van der Waals surface area (Å²) in [5, 5.41) is 11.4. The average molecular weight is 575 g/mol. The molecule has 0 saturated carbocycles. The van der Waals surface area contributed by atoms with Crippen molar-refractivity contribution in [2.45, 2.75) is 0 Å². The van der Waals surface area contributed by atoms with E-state index in [1.165, 1.54) is 55.3 Å². The molecule has 0 bridgehead atoms. The molecule has 0 fully saturated rings. The number of nitrogens with zero attached hydrogens (tertiary/aromatic N) is 2. The van der Waals surface area contributed by atoms with Crippen molar-refractivity contribution in [1.29, 1.82) is 0 Å². The van der Waals surface area contributed by atoms with Gasteiger partial charge in [-0.1, -0.05) is 127 Å². The Bertz CT molecular complexity index is 2350. The van der Waals surface area contributed by atoms with Gasteiger partial charge in [-0.25, -0.2) is 0 Å². The van der Waals surface area contributed by atoms with Crippen LogP contribution >= 0.6 is 0 Å². The lowest BCUT2D eigenvalue weighted by Gasteiger charge is -2.21. The predicted molar refractivity (Wildman–Crippen MR) is 183 cm³/mol. The monoisotopic (exact) mass is 574 g/mol. The van der Waals surface area contributed by atoms with Gasteiger partial charge in [0.2, 0.25) is 11.8 Å². The Kier molecular flexibility index (Phi) is 5.82. The zero-order valence-electron chi connectivity index (χ0n) is 24.3. The molecule has 0 saturated heterocycles. The quantitative estimate of drug-likeness (QED) is 0.205. The van der Waals surface area contributed by atoms with E-state index in [-0.39, 0.29) is 0 Å². The summed E-state index contributed by atoms with van der Waals surface area (Å²) in [4.78, 5) is 0. The van der Waals surface area contributed by atoms with Gasteiger partial charge in [0, 0.05) is 11.1 Å². The van der Waals surface area contributed by atoms with Crippen molar-refractivity contribution < 1.29 is 4.42 Å². The first kappa shape index (κ1) is 25.4. The first-order chi connectivity index (χ1) is 22.3. The number of benzene rings is 7. The van der Waals surface area contributed by atoms with Gasteiger partial charge in [-0.2, -0.15) is 0 Å². The van der Waals surface area contributed by atoms with E-state index in [1.54, 1.807) is 0 Å². The largest absolute Gasteiger partial charge is 0.416 e. The maximum Gasteiger partial charge on any atom is 0.248 e. The van der Waals surface area contributed by atoms with E-state index in [9.17, 15) is 0 Å². The molecule has 210 valence electrons. The van der Waals surface area contributed by atoms with Crippen LogP contribution in [0.3, 0.4) is 0 Å². The van der Waals surface area contributed by atoms with E-state index in [0.29, 0.717) is 11.8 Å². The van der Waals surface area contributed by atoms with Crippen LogP contribution in [0, 0.1) is 0 Å². The summed E-state index contributed by atoms with van der Waals surface area (Å²) in [6.45, 7) is 0. The molecule has 7 aromatic carbocycles. The minimum atomic E-state index is 0.499. The number of aromatic nitrogens is 2. The van der Waals surface area contributed by atoms with Crippen molar-refractivity contribution in [1.82, 2.24) is 10.2 Å². The minimum absolute atomic E-state index is 0.499. The van der Waals surface area contributed by atoms with Gasteiger partial charge >= 0.3 is 0 Å². The lowest BCUT2D eigenvalue weighted by atomic mass is 9.82. The van der Waals surface area contributed by atoms with E-state index >= 15 is 0 Å². The maximum absolute atomic E-state index is 6.19. The van der Waals surface area contributed by atoms with E-state index in [4.69, 9.17) is 4.42 Å². The minimum Gasteiger partial charge on any atom is -0.416 e. The van der Waals surface area contributed by atoms with E-state index in [1.807, 2.05) is 36.4 Å². The molecule has 0 unspecified atom stereocenters. The first-order valence-corrected chi connectivity index (χ1v) is 15.2. The number of hydrogen-bond donors (Lipinski definition) is 0. The molecule has 0 aliphatic heterocycles. The molecule has 0 N–H and O–H groups in total. The first-order valence-electron chi connectivity index (χ1n) is 15.2. The van der Waals surface area contributed by atoms with Crippen LogP contribution in [0.5, 0.6) is 0 Å². The highest BCUT2D eigenvalue weighted by atomic mass is 16.4. The third-order valence-corrected chi connectivity index (χ3v) is 8.78. The van der Waals surface area contributed by atoms with Crippen molar-refractivity contribution in [3.8, 4) is 78.5 Å². The van der Waals surface area contributed by atoms with Crippen molar-refractivity contribution in [3.63, 3.8) is 0 Å². The van der Waals surface area contributed by atoms with Crippen molar-refractivity contribution in [2.24, 2.45) is 0 Å². The number of rotatable bonds is 5. The van der Waals surface area contributed by atoms with Crippen LogP contribution in [0.4, 0.5) is 0 Å². The second-order valence-electron chi connectivity index (χ2n) is 11.4. The van der Waals surface area contributed by atoms with Gasteiger partial charge in [-0.05, 0) is 96.7 Å². The number of fused-ring (bicyclic) bond motifs is 3. The third kappa shape index (κ3) is 4.13. The fourth-order valence-corrected chi connectivity index (χ4v) is 6.82. The van der Waals surface area contributed by atoms with Crippen LogP contribution in [0.15, 0.2) is 162 Å². The van der Waals surface area contributed by atoms with Crippen LogP contribution < -0.4 is 0 Å². The van der Waals surface area contributed by atoms with Crippen LogP contribution in [0.1, 0.15) is 0 Å². The summed E-state index contributed by atoms with van der Waals surface area (Å²) in [5.41, 5.74) is 14.0. The van der Waals surface area contributed by atoms with Gasteiger partial charge in [0.05, 0.1) is 0 Å². The average Bonchev–Trinajstić information content (AvgIpc) is 3.75. The Morgan fingerprint density at radius 2 is 0.844 bits per heavy atom. The van der Waals surface area contributed by atoms with Crippen molar-refractivity contribution >= 4 is 10.8 Å². The fourth-order valence-electron chi connectivity index (χ4n) is 6.82. The third-order valence-electron chi connectivity index (χ3n) is 8.78. The van der Waals surface area contributed by atoms with E-state index < -0.39 is 0 Å². The van der Waals surface area contributed by atoms with Gasteiger partial charge < -0.3 is 4.42 Å². The molecule has 0 spiro atoms. The van der Waals surface area contributed by atoms with Gasteiger partial charge in [0.15, 0.2) is 0 Å². The Labute approximate surface area is 261 Å². The Morgan fingerprint density at radius 3 is 1.53 bits per heavy atom. The second kappa shape index (κ2) is 10.3. The molecule has 1 aliphatic rings. The Balaban J connectivity index is 1.33. The molecule has 0 atom stereocenters. The topological polar surface area (TPSA) is 38.9 Å². The van der Waals surface area contributed by atoms with Crippen LogP contribution in [0.2, 0.25) is 0 Å². The van der Waals surface area contributed by atoms with Crippen LogP contribution in [-0.2, 0) is 0 Å². The molecule has 3 heteroatoms. The van der Waals surface area contributed by atoms with E-state index in [2.05, 4.69) is 132 Å². The van der Waals surface area contributed by atoms with E-state index in [0.717, 1.165) is 22.3 Å². The summed E-state index contributed by atoms with van der Waals surface area (Å²) < 4.78 is 6.19. The van der Waals surface area contributed by atoms with Gasteiger partial charge in [0.1, 0.15) is 0 Å². The molecule has 8 aromatic rings. The second-order valence-corrected chi connectivity index (χ2v) is 11.4. The molecule has 0 radical (unpaired) electrons. The molecule has 1 aromatic heterocycles. The fraction of sp³-hybridized carbons (Fsp3) is 0. The van der Waals surface area contributed by atoms with Crippen LogP contribution in [-0.4, -0.2) is 10.2 Å². The number of hydrogen-bond acceptors (Lipinski definition) is 3. The van der Waals surface area contributed by atoms with Crippen LogP contribution in [0.25, 0.3) is 89.3 Å². The predicted octanol–water partition coefficient (Wildman–Crippen LogP) is 11.2. The van der Waals surface area contributed by atoms with Gasteiger partial charge in [0.25, 0.3) is 0 Å². The highest BCUT2D eigenvalue weighted by Crippen LogP contribution is 2.57. The zero-order chi connectivity index (χ0) is 29.7. The maximum atomic E-state index is 6.19. The highest BCUT2D eigenvalue weighted by molar-refractivity contribution is 6.22. The Hall–Kier alpha value is -6.06. The standard InChI is InChI=1S/C42H26N2O/c1-4-13-27(14-5-1)35-26-36(31-21-10-22-32(25-31)42-44-43-41(45-42)30-17-8-3-9-18-30)38(29-15-6-2-7-16-29)40-34-24-12-20-28-19-11-23-33(37(28)34)39(35)40/h1-26H. The summed E-state index contributed by atoms with van der Waals surface area (Å²) in [6.07, 6.45) is 0. The SMILES string of the molecule is c1ccc(-c2nnc(-c3cccc(-c4cc(-c5ccccc5)c5c(c4-c4ccccc4)-c4cccc6cccc-5c46)c3)o2)cc1. The van der Waals surface area contributed by atoms with Gasteiger partial charge in [-0.15, -0.1) is 10.2 Å². The lowest BCUT2D eigenvalue weighted by Crippen LogP contribution is -1.94. The normalized spacial score (nSPS) is 11.6. The molecule has 0 amide bonds. The highest BCUT2D eigenvalue weighted by Gasteiger charge is 2.30. The smallest absolute Gasteiger partial charge is 0.248 e. The summed E-state index contributed by atoms with van der Waals surface area (Å²) in [7, 11) is 0. The molecular weight excluding hydrogens is 548 g/mol. The molecule has 1 heterocycles. The van der Waals surface area contributed by atoms with Crippen molar-refractivity contribution in [2.75, 3.05) is 0 Å². The zero-order valence-corrected chi connectivity index (χ0v) is 24.3.